The van der Waals surface area contributed by atoms with E-state index in [4.69, 9.17) is 16.7 Å². The lowest BCUT2D eigenvalue weighted by Crippen LogP contribution is -2.22. The van der Waals surface area contributed by atoms with Crippen LogP contribution < -0.4 is 0 Å². The predicted molar refractivity (Wildman–Crippen MR) is 70.8 cm³/mol. The highest BCUT2D eigenvalue weighted by atomic mass is 35.5. The molecular weight excluding hydrogens is 236 g/mol. The molecule has 0 spiro atoms. The van der Waals surface area contributed by atoms with Gasteiger partial charge in [0, 0.05) is 10.4 Å². The number of hydrogen-bond donors (Lipinski definition) is 1. The van der Waals surface area contributed by atoms with E-state index in [1.54, 1.807) is 0 Å². The Labute approximate surface area is 108 Å². The number of carboxylic acids is 1. The van der Waals surface area contributed by atoms with Gasteiger partial charge in [0.1, 0.15) is 0 Å². The highest BCUT2D eigenvalue weighted by molar-refractivity contribution is 6.30. The minimum atomic E-state index is -0.791. The molecule has 0 aliphatic carbocycles. The normalized spacial score (nSPS) is 11.9. The molecule has 0 bridgehead atoms. The van der Waals surface area contributed by atoms with Gasteiger partial charge < -0.3 is 5.11 Å². The molecule has 0 atom stereocenters. The first-order valence-corrected chi connectivity index (χ1v) is 6.13. The molecule has 0 heterocycles. The number of benzene rings is 1. The van der Waals surface area contributed by atoms with E-state index in [1.165, 1.54) is 0 Å². The van der Waals surface area contributed by atoms with Gasteiger partial charge in [0.2, 0.25) is 0 Å². The highest BCUT2D eigenvalue weighted by Gasteiger charge is 2.25. The molecule has 0 aliphatic heterocycles. The van der Waals surface area contributed by atoms with E-state index < -0.39 is 11.4 Å². The largest absolute Gasteiger partial charge is 0.481 e. The minimum Gasteiger partial charge on any atom is -0.481 e. The second-order valence-corrected chi connectivity index (χ2v) is 5.82. The first-order valence-electron chi connectivity index (χ1n) is 5.75. The number of carbonyl (C=O) groups is 1. The predicted octanol–water partition coefficient (Wildman–Crippen LogP) is 4.22. The van der Waals surface area contributed by atoms with Gasteiger partial charge in [0.25, 0.3) is 0 Å². The summed E-state index contributed by atoms with van der Waals surface area (Å²) >= 11 is 6.09. The van der Waals surface area contributed by atoms with Gasteiger partial charge in [0.05, 0.1) is 6.42 Å². The maximum Gasteiger partial charge on any atom is 0.304 e. The summed E-state index contributed by atoms with van der Waals surface area (Å²) in [6.45, 7) is 8.05. The number of carboxylic acid groups (broad SMARTS) is 1. The summed E-state index contributed by atoms with van der Waals surface area (Å²) in [6.07, 6.45) is 0.102. The molecule has 1 N–H and O–H groups in total. The van der Waals surface area contributed by atoms with Crippen molar-refractivity contribution in [1.29, 1.82) is 0 Å². The Morgan fingerprint density at radius 2 is 1.94 bits per heavy atom. The molecule has 17 heavy (non-hydrogen) atoms. The minimum absolute atomic E-state index is 0.102. The Hall–Kier alpha value is -1.02. The van der Waals surface area contributed by atoms with Crippen molar-refractivity contribution < 1.29 is 9.90 Å². The van der Waals surface area contributed by atoms with Crippen molar-refractivity contribution in [2.45, 2.75) is 45.4 Å². The van der Waals surface area contributed by atoms with Crippen molar-refractivity contribution in [1.82, 2.24) is 0 Å². The molecule has 0 amide bonds. The van der Waals surface area contributed by atoms with Gasteiger partial charge in [-0.25, -0.2) is 0 Å². The third-order valence-electron chi connectivity index (χ3n) is 2.96. The van der Waals surface area contributed by atoms with Crippen LogP contribution in [0.4, 0.5) is 0 Å². The van der Waals surface area contributed by atoms with E-state index in [0.717, 1.165) is 11.1 Å². The van der Waals surface area contributed by atoms with Crippen molar-refractivity contribution in [3.8, 4) is 0 Å². The number of halogens is 1. The maximum atomic E-state index is 10.9. The summed E-state index contributed by atoms with van der Waals surface area (Å²) in [5.41, 5.74) is 1.72. The number of rotatable bonds is 4. The lowest BCUT2D eigenvalue weighted by Gasteiger charge is -2.24. The Morgan fingerprint density at radius 3 is 2.41 bits per heavy atom. The average Bonchev–Trinajstić information content (AvgIpc) is 2.14. The van der Waals surface area contributed by atoms with Crippen LogP contribution in [0.3, 0.4) is 0 Å². The first kappa shape index (κ1) is 14.0. The van der Waals surface area contributed by atoms with Crippen molar-refractivity contribution in [2.75, 3.05) is 0 Å². The second-order valence-electron chi connectivity index (χ2n) is 5.38. The molecular formula is C14H19ClO2. The quantitative estimate of drug-likeness (QED) is 0.874. The van der Waals surface area contributed by atoms with Crippen LogP contribution in [0.5, 0.6) is 0 Å². The molecule has 0 radical (unpaired) electrons. The fourth-order valence-electron chi connectivity index (χ4n) is 1.82. The summed E-state index contributed by atoms with van der Waals surface area (Å²) < 4.78 is 0. The Kier molecular flexibility index (Phi) is 4.21. The molecule has 0 saturated carbocycles. The molecule has 0 saturated heterocycles. The smallest absolute Gasteiger partial charge is 0.304 e. The van der Waals surface area contributed by atoms with E-state index in [0.29, 0.717) is 10.9 Å². The average molecular weight is 255 g/mol. The van der Waals surface area contributed by atoms with E-state index >= 15 is 0 Å². The lowest BCUT2D eigenvalue weighted by molar-refractivity contribution is -0.138. The van der Waals surface area contributed by atoms with E-state index in [1.807, 2.05) is 26.0 Å². The van der Waals surface area contributed by atoms with Crippen LogP contribution in [0.2, 0.25) is 5.02 Å². The third-order valence-corrected chi connectivity index (χ3v) is 3.18. The molecule has 0 unspecified atom stereocenters. The zero-order valence-electron chi connectivity index (χ0n) is 10.7. The van der Waals surface area contributed by atoms with Crippen LogP contribution in [0.25, 0.3) is 0 Å². The van der Waals surface area contributed by atoms with Crippen LogP contribution >= 0.6 is 11.6 Å². The molecule has 3 heteroatoms. The van der Waals surface area contributed by atoms with Gasteiger partial charge >= 0.3 is 5.97 Å². The maximum absolute atomic E-state index is 10.9. The second kappa shape index (κ2) is 5.09. The number of hydrogen-bond acceptors (Lipinski definition) is 1. The Balaban J connectivity index is 3.17. The molecule has 1 aromatic rings. The highest BCUT2D eigenvalue weighted by Crippen LogP contribution is 2.32. The molecule has 0 aromatic heterocycles. The number of aliphatic carboxylic acids is 1. The Morgan fingerprint density at radius 1 is 1.35 bits per heavy atom. The SMILES string of the molecule is CC(C)c1cc(Cl)cc(C(C)(C)CC(=O)O)c1. The zero-order chi connectivity index (χ0) is 13.2. The molecule has 2 nitrogen and oxygen atoms in total. The summed E-state index contributed by atoms with van der Waals surface area (Å²) in [5.74, 6) is -0.408. The molecule has 0 aliphatic rings. The van der Waals surface area contributed by atoms with E-state index in [2.05, 4.69) is 19.9 Å². The van der Waals surface area contributed by atoms with Crippen molar-refractivity contribution in [2.24, 2.45) is 0 Å². The fraction of sp³-hybridized carbons (Fsp3) is 0.500. The van der Waals surface area contributed by atoms with E-state index in [9.17, 15) is 4.79 Å². The van der Waals surface area contributed by atoms with Crippen molar-refractivity contribution in [3.05, 3.63) is 34.3 Å². The van der Waals surface area contributed by atoms with Crippen LogP contribution in [0.15, 0.2) is 18.2 Å². The first-order chi connectivity index (χ1) is 7.72. The summed E-state index contributed by atoms with van der Waals surface area (Å²) in [5, 5.41) is 9.60. The van der Waals surface area contributed by atoms with Crippen LogP contribution in [0.1, 0.15) is 51.2 Å². The van der Waals surface area contributed by atoms with Gasteiger partial charge in [-0.05, 0) is 29.2 Å². The topological polar surface area (TPSA) is 37.3 Å². The van der Waals surface area contributed by atoms with Gasteiger partial charge in [-0.2, -0.15) is 0 Å². The van der Waals surface area contributed by atoms with E-state index in [-0.39, 0.29) is 6.42 Å². The monoisotopic (exact) mass is 254 g/mol. The summed E-state index contributed by atoms with van der Waals surface area (Å²) in [7, 11) is 0. The molecule has 0 fully saturated rings. The molecule has 94 valence electrons. The third kappa shape index (κ3) is 3.74. The summed E-state index contributed by atoms with van der Waals surface area (Å²) in [6, 6.07) is 5.85. The van der Waals surface area contributed by atoms with Gasteiger partial charge in [-0.3, -0.25) is 4.79 Å². The van der Waals surface area contributed by atoms with Gasteiger partial charge in [-0.1, -0.05) is 45.4 Å². The van der Waals surface area contributed by atoms with Gasteiger partial charge in [0.15, 0.2) is 0 Å². The molecule has 1 aromatic carbocycles. The van der Waals surface area contributed by atoms with Crippen LogP contribution in [0, 0.1) is 0 Å². The van der Waals surface area contributed by atoms with Crippen LogP contribution in [-0.2, 0) is 10.2 Å². The van der Waals surface area contributed by atoms with Crippen molar-refractivity contribution in [3.63, 3.8) is 0 Å². The summed E-state index contributed by atoms with van der Waals surface area (Å²) in [4.78, 5) is 10.9. The fourth-order valence-corrected chi connectivity index (χ4v) is 2.06. The van der Waals surface area contributed by atoms with Crippen LogP contribution in [-0.4, -0.2) is 11.1 Å². The van der Waals surface area contributed by atoms with Gasteiger partial charge in [-0.15, -0.1) is 0 Å². The Bertz CT molecular complexity index is 422. The lowest BCUT2D eigenvalue weighted by atomic mass is 9.80. The zero-order valence-corrected chi connectivity index (χ0v) is 11.5. The standard InChI is InChI=1S/C14H19ClO2/c1-9(2)10-5-11(7-12(15)6-10)14(3,4)8-13(16)17/h5-7,9H,8H2,1-4H3,(H,16,17). The van der Waals surface area contributed by atoms with Crippen molar-refractivity contribution >= 4 is 17.6 Å². The molecule has 1 rings (SSSR count).